The van der Waals surface area contributed by atoms with Crippen LogP contribution in [0.4, 0.5) is 0 Å². The highest BCUT2D eigenvalue weighted by atomic mass is 35.5. The van der Waals surface area contributed by atoms with Crippen LogP contribution in [0.2, 0.25) is 5.02 Å². The van der Waals surface area contributed by atoms with Crippen LogP contribution in [0.25, 0.3) is 0 Å². The first-order valence-electron chi connectivity index (χ1n) is 8.21. The minimum absolute atomic E-state index is 0.0374. The van der Waals surface area contributed by atoms with Gasteiger partial charge in [0.05, 0.1) is 0 Å². The van der Waals surface area contributed by atoms with Crippen LogP contribution in [0, 0.1) is 24.7 Å². The normalized spacial score (nSPS) is 27.7. The van der Waals surface area contributed by atoms with Crippen molar-refractivity contribution in [3.8, 4) is 5.75 Å². The molecule has 120 valence electrons. The number of fused-ring (bicyclic) bond motifs is 2. The quantitative estimate of drug-likeness (QED) is 0.891. The van der Waals surface area contributed by atoms with Crippen molar-refractivity contribution in [2.45, 2.75) is 45.6 Å². The number of ether oxygens (including phenoxy) is 1. The zero-order valence-corrected chi connectivity index (χ0v) is 14.0. The van der Waals surface area contributed by atoms with Gasteiger partial charge in [0.2, 0.25) is 0 Å². The van der Waals surface area contributed by atoms with Crippen molar-refractivity contribution in [2.75, 3.05) is 6.61 Å². The van der Waals surface area contributed by atoms with Crippen molar-refractivity contribution in [1.29, 1.82) is 0 Å². The predicted octanol–water partition coefficient (Wildman–Crippen LogP) is 3.97. The van der Waals surface area contributed by atoms with Crippen LogP contribution in [-0.4, -0.2) is 18.6 Å². The van der Waals surface area contributed by atoms with Crippen molar-refractivity contribution >= 4 is 17.5 Å². The topological polar surface area (TPSA) is 38.3 Å². The molecule has 0 aromatic heterocycles. The molecule has 3 nitrogen and oxygen atoms in total. The zero-order chi connectivity index (χ0) is 15.7. The highest BCUT2D eigenvalue weighted by Crippen LogP contribution is 2.49. The molecule has 0 saturated heterocycles. The average molecular weight is 322 g/mol. The molecule has 22 heavy (non-hydrogen) atoms. The molecule has 1 aromatic carbocycles. The summed E-state index contributed by atoms with van der Waals surface area (Å²) in [6.45, 7) is 4.13. The lowest BCUT2D eigenvalue weighted by Crippen LogP contribution is -2.42. The first kappa shape index (κ1) is 15.7. The van der Waals surface area contributed by atoms with Gasteiger partial charge < -0.3 is 10.1 Å². The fourth-order valence-electron chi connectivity index (χ4n) is 4.23. The van der Waals surface area contributed by atoms with Crippen molar-refractivity contribution < 1.29 is 9.53 Å². The summed E-state index contributed by atoms with van der Waals surface area (Å²) < 4.78 is 5.61. The molecular weight excluding hydrogens is 298 g/mol. The lowest BCUT2D eigenvalue weighted by molar-refractivity contribution is -0.124. The van der Waals surface area contributed by atoms with Gasteiger partial charge in [-0.05, 0) is 74.6 Å². The molecule has 4 heteroatoms. The van der Waals surface area contributed by atoms with E-state index in [1.54, 1.807) is 6.07 Å². The van der Waals surface area contributed by atoms with E-state index in [4.69, 9.17) is 16.3 Å². The number of carbonyl (C=O) groups excluding carboxylic acids is 1. The van der Waals surface area contributed by atoms with E-state index in [0.29, 0.717) is 16.7 Å². The Balaban J connectivity index is 1.48. The Morgan fingerprint density at radius 1 is 1.41 bits per heavy atom. The minimum atomic E-state index is -0.0374. The molecule has 3 rings (SSSR count). The second-order valence-corrected chi connectivity index (χ2v) is 7.33. The van der Waals surface area contributed by atoms with Gasteiger partial charge in [-0.2, -0.15) is 0 Å². The van der Waals surface area contributed by atoms with Crippen LogP contribution < -0.4 is 10.1 Å². The van der Waals surface area contributed by atoms with Gasteiger partial charge in [-0.15, -0.1) is 0 Å². The molecule has 2 aliphatic carbocycles. The van der Waals surface area contributed by atoms with Crippen LogP contribution in [0.5, 0.6) is 5.75 Å². The summed E-state index contributed by atoms with van der Waals surface area (Å²) in [5.74, 6) is 3.05. The number of rotatable bonds is 5. The van der Waals surface area contributed by atoms with Crippen LogP contribution >= 0.6 is 11.6 Å². The van der Waals surface area contributed by atoms with Gasteiger partial charge in [-0.25, -0.2) is 0 Å². The molecule has 4 atom stereocenters. The fourth-order valence-corrected chi connectivity index (χ4v) is 4.45. The Morgan fingerprint density at radius 3 is 2.86 bits per heavy atom. The van der Waals surface area contributed by atoms with Gasteiger partial charge in [0.25, 0.3) is 5.91 Å². The maximum absolute atomic E-state index is 12.1. The predicted molar refractivity (Wildman–Crippen MR) is 88.2 cm³/mol. The summed E-state index contributed by atoms with van der Waals surface area (Å²) >= 11 is 5.92. The largest absolute Gasteiger partial charge is 0.484 e. The van der Waals surface area contributed by atoms with E-state index in [2.05, 4.69) is 12.2 Å². The summed E-state index contributed by atoms with van der Waals surface area (Å²) in [6.07, 6.45) is 5.38. The molecule has 0 radical (unpaired) electrons. The van der Waals surface area contributed by atoms with Crippen LogP contribution in [0.3, 0.4) is 0 Å². The van der Waals surface area contributed by atoms with Gasteiger partial charge in [0.15, 0.2) is 6.61 Å². The third-order valence-corrected chi connectivity index (χ3v) is 5.55. The monoisotopic (exact) mass is 321 g/mol. The van der Waals surface area contributed by atoms with E-state index < -0.39 is 0 Å². The third kappa shape index (κ3) is 3.40. The van der Waals surface area contributed by atoms with Crippen LogP contribution in [-0.2, 0) is 4.79 Å². The van der Waals surface area contributed by atoms with E-state index in [1.165, 1.54) is 25.7 Å². The van der Waals surface area contributed by atoms with Gasteiger partial charge in [-0.1, -0.05) is 18.0 Å². The fraction of sp³-hybridized carbons (Fsp3) is 0.611. The summed E-state index contributed by atoms with van der Waals surface area (Å²) in [6, 6.07) is 5.68. The molecule has 2 aliphatic rings. The van der Waals surface area contributed by atoms with Crippen molar-refractivity contribution in [3.63, 3.8) is 0 Å². The number of hydrogen-bond donors (Lipinski definition) is 1. The van der Waals surface area contributed by atoms with E-state index in [-0.39, 0.29) is 18.6 Å². The molecule has 2 fully saturated rings. The molecule has 4 unspecified atom stereocenters. The van der Waals surface area contributed by atoms with Crippen LogP contribution in [0.1, 0.15) is 38.2 Å². The third-order valence-electron chi connectivity index (χ3n) is 5.32. The van der Waals surface area contributed by atoms with E-state index in [9.17, 15) is 4.79 Å². The minimum Gasteiger partial charge on any atom is -0.484 e. The molecule has 1 amide bonds. The summed E-state index contributed by atoms with van der Waals surface area (Å²) in [4.78, 5) is 12.1. The Bertz CT molecular complexity index is 560. The van der Waals surface area contributed by atoms with E-state index in [0.717, 1.165) is 17.4 Å². The summed E-state index contributed by atoms with van der Waals surface area (Å²) in [5.41, 5.74) is 0.946. The summed E-state index contributed by atoms with van der Waals surface area (Å²) in [7, 11) is 0. The number of nitrogens with one attached hydrogen (secondary N) is 1. The van der Waals surface area contributed by atoms with Gasteiger partial charge in [0.1, 0.15) is 5.75 Å². The zero-order valence-electron chi connectivity index (χ0n) is 13.3. The molecule has 2 bridgehead atoms. The van der Waals surface area contributed by atoms with Crippen molar-refractivity contribution in [3.05, 3.63) is 28.8 Å². The maximum Gasteiger partial charge on any atom is 0.258 e. The van der Waals surface area contributed by atoms with Crippen LogP contribution in [0.15, 0.2) is 18.2 Å². The second-order valence-electron chi connectivity index (χ2n) is 6.89. The first-order valence-corrected chi connectivity index (χ1v) is 8.59. The van der Waals surface area contributed by atoms with E-state index in [1.807, 2.05) is 19.1 Å². The molecule has 1 aromatic rings. The highest BCUT2D eigenvalue weighted by Gasteiger charge is 2.42. The van der Waals surface area contributed by atoms with Gasteiger partial charge >= 0.3 is 0 Å². The van der Waals surface area contributed by atoms with E-state index >= 15 is 0 Å². The first-order chi connectivity index (χ1) is 10.5. The lowest BCUT2D eigenvalue weighted by atomic mass is 9.84. The Kier molecular flexibility index (Phi) is 4.62. The molecule has 1 N–H and O–H groups in total. The Morgan fingerprint density at radius 2 is 2.23 bits per heavy atom. The second kappa shape index (κ2) is 6.49. The van der Waals surface area contributed by atoms with Crippen molar-refractivity contribution in [1.82, 2.24) is 5.32 Å². The molecule has 0 spiro atoms. The number of carbonyl (C=O) groups is 1. The Hall–Kier alpha value is -1.22. The molecule has 0 aliphatic heterocycles. The summed E-state index contributed by atoms with van der Waals surface area (Å²) in [5, 5.41) is 3.80. The lowest BCUT2D eigenvalue weighted by Gasteiger charge is -2.28. The molecule has 0 heterocycles. The number of hydrogen-bond acceptors (Lipinski definition) is 2. The number of aryl methyl sites for hydroxylation is 1. The maximum atomic E-state index is 12.1. The number of amides is 1. The van der Waals surface area contributed by atoms with Gasteiger partial charge in [-0.3, -0.25) is 4.79 Å². The highest BCUT2D eigenvalue weighted by molar-refractivity contribution is 6.30. The van der Waals surface area contributed by atoms with Gasteiger partial charge in [0, 0.05) is 11.1 Å². The standard InChI is InChI=1S/C18H24ClNO2/c1-11-7-15(19)5-6-17(11)22-10-18(21)20-12(2)16-9-13-3-4-14(16)8-13/h5-7,12-14,16H,3-4,8-10H2,1-2H3,(H,20,21). The average Bonchev–Trinajstić information content (AvgIpc) is 3.09. The number of benzene rings is 1. The number of halogens is 1. The molecular formula is C18H24ClNO2. The Labute approximate surface area is 137 Å². The van der Waals surface area contributed by atoms with Crippen molar-refractivity contribution in [2.24, 2.45) is 17.8 Å². The smallest absolute Gasteiger partial charge is 0.258 e. The molecule has 2 saturated carbocycles. The SMILES string of the molecule is Cc1cc(Cl)ccc1OCC(=O)NC(C)C1CC2CCC1C2.